The number of rotatable bonds is 9. The van der Waals surface area contributed by atoms with Crippen molar-refractivity contribution in [2.75, 3.05) is 16.2 Å². The second kappa shape index (κ2) is 12.8. The number of amides is 2. The third-order valence-electron chi connectivity index (χ3n) is 6.09. The summed E-state index contributed by atoms with van der Waals surface area (Å²) in [5.74, 6) is -0.938. The Kier molecular flexibility index (Phi) is 9.21. The van der Waals surface area contributed by atoms with Crippen LogP contribution in [0.3, 0.4) is 0 Å². The fourth-order valence-electron chi connectivity index (χ4n) is 4.16. The number of nitrogens with one attached hydrogen (secondary N) is 2. The Morgan fingerprint density at radius 2 is 1.49 bits per heavy atom. The van der Waals surface area contributed by atoms with Gasteiger partial charge in [-0.2, -0.15) is 5.10 Å². The van der Waals surface area contributed by atoms with Gasteiger partial charge < -0.3 is 5.32 Å². The Labute approximate surface area is 244 Å². The average Bonchev–Trinajstić information content (AvgIpc) is 2.94. The Hall–Kier alpha value is -4.47. The molecule has 0 aliphatic rings. The van der Waals surface area contributed by atoms with Crippen LogP contribution in [0, 0.1) is 13.8 Å². The maximum Gasteiger partial charge on any atom is 0.264 e. The largest absolute Gasteiger partial charge is 0.322 e. The molecule has 0 aliphatic heterocycles. The molecule has 0 spiro atoms. The van der Waals surface area contributed by atoms with E-state index in [1.165, 1.54) is 12.1 Å². The third-order valence-corrected chi connectivity index (χ3v) is 8.11. The van der Waals surface area contributed by atoms with E-state index < -0.39 is 22.5 Å². The molecule has 0 saturated heterocycles. The van der Waals surface area contributed by atoms with Crippen LogP contribution in [0.15, 0.2) is 107 Å². The van der Waals surface area contributed by atoms with Gasteiger partial charge in [-0.05, 0) is 92.1 Å². The van der Waals surface area contributed by atoms with Gasteiger partial charge in [-0.25, -0.2) is 13.8 Å². The Balaban J connectivity index is 1.52. The van der Waals surface area contributed by atoms with Crippen LogP contribution in [0.2, 0.25) is 5.02 Å². The lowest BCUT2D eigenvalue weighted by Gasteiger charge is -2.24. The first kappa shape index (κ1) is 29.5. The van der Waals surface area contributed by atoms with Crippen molar-refractivity contribution in [1.29, 1.82) is 0 Å². The van der Waals surface area contributed by atoms with Gasteiger partial charge in [0.25, 0.3) is 21.8 Å². The Morgan fingerprint density at radius 1 is 0.829 bits per heavy atom. The molecule has 41 heavy (non-hydrogen) atoms. The van der Waals surface area contributed by atoms with Crippen molar-refractivity contribution in [2.24, 2.45) is 5.10 Å². The predicted octanol–water partition coefficient (Wildman–Crippen LogP) is 5.94. The average molecular weight is 589 g/mol. The van der Waals surface area contributed by atoms with Crippen LogP contribution in [-0.2, 0) is 14.8 Å². The van der Waals surface area contributed by atoms with Gasteiger partial charge in [0.1, 0.15) is 6.54 Å². The molecular formula is C31H29ClN4O4S. The summed E-state index contributed by atoms with van der Waals surface area (Å²) in [6.07, 6.45) is 0. The van der Waals surface area contributed by atoms with E-state index in [1.807, 2.05) is 19.9 Å². The molecule has 8 nitrogen and oxygen atoms in total. The van der Waals surface area contributed by atoms with E-state index in [9.17, 15) is 18.0 Å². The molecule has 0 aromatic heterocycles. The highest BCUT2D eigenvalue weighted by Crippen LogP contribution is 2.26. The van der Waals surface area contributed by atoms with Crippen LogP contribution < -0.4 is 15.0 Å². The van der Waals surface area contributed by atoms with Crippen LogP contribution in [0.4, 0.5) is 11.4 Å². The molecule has 210 valence electrons. The smallest absolute Gasteiger partial charge is 0.264 e. The van der Waals surface area contributed by atoms with Crippen molar-refractivity contribution in [1.82, 2.24) is 5.43 Å². The number of aryl methyl sites for hydroxylation is 2. The summed E-state index contributed by atoms with van der Waals surface area (Å²) < 4.78 is 28.2. The van der Waals surface area contributed by atoms with Crippen LogP contribution in [0.25, 0.3) is 0 Å². The molecule has 4 rings (SSSR count). The van der Waals surface area contributed by atoms with Crippen molar-refractivity contribution in [3.63, 3.8) is 0 Å². The molecule has 0 atom stereocenters. The number of anilines is 2. The van der Waals surface area contributed by atoms with Crippen LogP contribution in [0.1, 0.15) is 34.0 Å². The molecule has 2 amide bonds. The lowest BCUT2D eigenvalue weighted by Crippen LogP contribution is -2.39. The summed E-state index contributed by atoms with van der Waals surface area (Å²) in [6, 6.07) is 26.9. The Bertz CT molecular complexity index is 1700. The van der Waals surface area contributed by atoms with Crippen molar-refractivity contribution >= 4 is 50.5 Å². The monoisotopic (exact) mass is 588 g/mol. The molecule has 0 bridgehead atoms. The number of sulfonamides is 1. The zero-order valence-electron chi connectivity index (χ0n) is 22.8. The SMILES string of the molecule is C/C(=N/NC(=O)CN(c1cc(C)cc(C)c1)S(=O)(=O)c1ccccc1)c1cccc(NC(=O)c2cccc(Cl)c2)c1. The lowest BCUT2D eigenvalue weighted by atomic mass is 10.1. The lowest BCUT2D eigenvalue weighted by molar-refractivity contribution is -0.119. The van der Waals surface area contributed by atoms with Gasteiger partial charge in [-0.15, -0.1) is 0 Å². The van der Waals surface area contributed by atoms with Gasteiger partial charge in [-0.1, -0.05) is 54.1 Å². The minimum absolute atomic E-state index is 0.0725. The van der Waals surface area contributed by atoms with Crippen LogP contribution >= 0.6 is 11.6 Å². The number of nitrogens with zero attached hydrogens (tertiary/aromatic N) is 2. The van der Waals surface area contributed by atoms with E-state index >= 15 is 0 Å². The summed E-state index contributed by atoms with van der Waals surface area (Å²) in [6.45, 7) is 4.94. The van der Waals surface area contributed by atoms with Crippen LogP contribution in [0.5, 0.6) is 0 Å². The summed E-state index contributed by atoms with van der Waals surface area (Å²) in [5, 5.41) is 7.46. The van der Waals surface area contributed by atoms with Crippen LogP contribution in [-0.4, -0.2) is 32.5 Å². The molecule has 10 heteroatoms. The number of benzene rings is 4. The minimum Gasteiger partial charge on any atom is -0.322 e. The van der Waals surface area contributed by atoms with E-state index in [2.05, 4.69) is 15.8 Å². The highest BCUT2D eigenvalue weighted by molar-refractivity contribution is 7.92. The molecule has 4 aromatic carbocycles. The number of carbonyl (C=O) groups excluding carboxylic acids is 2. The molecule has 2 N–H and O–H groups in total. The quantitative estimate of drug-likeness (QED) is 0.186. The topological polar surface area (TPSA) is 108 Å². The van der Waals surface area contributed by atoms with E-state index in [4.69, 9.17) is 11.6 Å². The molecule has 0 unspecified atom stereocenters. The van der Waals surface area contributed by atoms with E-state index in [0.717, 1.165) is 15.4 Å². The molecule has 0 heterocycles. The zero-order chi connectivity index (χ0) is 29.6. The van der Waals surface area contributed by atoms with Gasteiger partial charge in [-0.3, -0.25) is 13.9 Å². The first-order valence-electron chi connectivity index (χ1n) is 12.7. The number of carbonyl (C=O) groups is 2. The highest BCUT2D eigenvalue weighted by atomic mass is 35.5. The van der Waals surface area contributed by atoms with E-state index in [1.54, 1.807) is 85.8 Å². The molecule has 4 aromatic rings. The highest BCUT2D eigenvalue weighted by Gasteiger charge is 2.27. The van der Waals surface area contributed by atoms with Gasteiger partial charge in [0.2, 0.25) is 0 Å². The van der Waals surface area contributed by atoms with Gasteiger partial charge >= 0.3 is 0 Å². The summed E-state index contributed by atoms with van der Waals surface area (Å²) in [5.41, 5.74) is 6.63. The maximum absolute atomic E-state index is 13.6. The summed E-state index contributed by atoms with van der Waals surface area (Å²) in [7, 11) is -4.04. The first-order valence-corrected chi connectivity index (χ1v) is 14.5. The number of hydrogen-bond acceptors (Lipinski definition) is 5. The van der Waals surface area contributed by atoms with Gasteiger partial charge in [0.05, 0.1) is 16.3 Å². The molecule has 0 aliphatic carbocycles. The molecule has 0 radical (unpaired) electrons. The summed E-state index contributed by atoms with van der Waals surface area (Å²) >= 11 is 5.99. The minimum atomic E-state index is -4.04. The Morgan fingerprint density at radius 3 is 2.17 bits per heavy atom. The van der Waals surface area contributed by atoms with Gasteiger partial charge in [0.15, 0.2) is 0 Å². The number of halogens is 1. The third kappa shape index (κ3) is 7.59. The molecule has 0 saturated carbocycles. The normalized spacial score (nSPS) is 11.6. The maximum atomic E-state index is 13.6. The first-order chi connectivity index (χ1) is 19.5. The van der Waals surface area contributed by atoms with Crippen molar-refractivity contribution in [3.8, 4) is 0 Å². The van der Waals surface area contributed by atoms with E-state index in [0.29, 0.717) is 33.2 Å². The standard InChI is InChI=1S/C31H29ClN4O4S/c1-21-15-22(2)17-28(16-21)36(41(39,40)29-13-5-4-6-14-29)20-30(37)35-34-23(3)24-9-8-12-27(19-24)33-31(38)25-10-7-11-26(32)18-25/h4-19H,20H2,1-3H3,(H,33,38)(H,35,37)/b34-23-. The van der Waals surface area contributed by atoms with Crippen molar-refractivity contribution < 1.29 is 18.0 Å². The fraction of sp³-hybridized carbons (Fsp3) is 0.129. The fourth-order valence-corrected chi connectivity index (χ4v) is 5.78. The second-order valence-corrected chi connectivity index (χ2v) is 11.7. The molecule has 0 fully saturated rings. The second-order valence-electron chi connectivity index (χ2n) is 9.45. The zero-order valence-corrected chi connectivity index (χ0v) is 24.3. The summed E-state index contributed by atoms with van der Waals surface area (Å²) in [4.78, 5) is 25.7. The van der Waals surface area contributed by atoms with Crippen molar-refractivity contribution in [2.45, 2.75) is 25.7 Å². The van der Waals surface area contributed by atoms with Crippen molar-refractivity contribution in [3.05, 3.63) is 124 Å². The number of hydrazone groups is 1. The molecular weight excluding hydrogens is 560 g/mol. The van der Waals surface area contributed by atoms with E-state index in [-0.39, 0.29) is 10.8 Å². The number of hydrogen-bond donors (Lipinski definition) is 2. The predicted molar refractivity (Wildman–Crippen MR) is 163 cm³/mol. The van der Waals surface area contributed by atoms with Gasteiger partial charge in [0, 0.05) is 16.3 Å².